The SMILES string of the molecule is Cc1cc(C(F)(F)F)nn1CC(=O)NC1SC2=C(CCC(C)C2)C1C(N)=O. The number of allylic oxidation sites excluding steroid dienone is 1. The largest absolute Gasteiger partial charge is 0.435 e. The first kappa shape index (κ1) is 19.8. The van der Waals surface area contributed by atoms with Crippen molar-refractivity contribution in [2.75, 3.05) is 0 Å². The molecule has 2 amide bonds. The minimum Gasteiger partial charge on any atom is -0.369 e. The molecular weight excluding hydrogens is 381 g/mol. The minimum atomic E-state index is -4.56. The van der Waals surface area contributed by atoms with Crippen LogP contribution < -0.4 is 11.1 Å². The molecule has 2 heterocycles. The van der Waals surface area contributed by atoms with E-state index in [1.165, 1.54) is 18.7 Å². The van der Waals surface area contributed by atoms with Crippen molar-refractivity contribution < 1.29 is 22.8 Å². The van der Waals surface area contributed by atoms with Gasteiger partial charge < -0.3 is 11.1 Å². The van der Waals surface area contributed by atoms with Crippen LogP contribution in [-0.2, 0) is 22.3 Å². The topological polar surface area (TPSA) is 90.0 Å². The molecule has 0 saturated heterocycles. The predicted molar refractivity (Wildman–Crippen MR) is 94.2 cm³/mol. The van der Waals surface area contributed by atoms with Gasteiger partial charge in [-0.05, 0) is 48.6 Å². The van der Waals surface area contributed by atoms with E-state index in [9.17, 15) is 22.8 Å². The van der Waals surface area contributed by atoms with E-state index in [0.29, 0.717) is 5.92 Å². The third-order valence-electron chi connectivity index (χ3n) is 4.92. The highest BCUT2D eigenvalue weighted by atomic mass is 32.2. The number of hydrogen-bond acceptors (Lipinski definition) is 4. The fourth-order valence-electron chi connectivity index (χ4n) is 3.53. The molecule has 148 valence electrons. The Hall–Kier alpha value is -1.97. The number of aryl methyl sites for hydroxylation is 1. The molecule has 1 aliphatic heterocycles. The first-order chi connectivity index (χ1) is 12.6. The van der Waals surface area contributed by atoms with E-state index >= 15 is 0 Å². The van der Waals surface area contributed by atoms with E-state index in [-0.39, 0.29) is 12.2 Å². The van der Waals surface area contributed by atoms with Crippen molar-refractivity contribution in [3.05, 3.63) is 27.9 Å². The van der Waals surface area contributed by atoms with Crippen molar-refractivity contribution >= 4 is 23.6 Å². The highest BCUT2D eigenvalue weighted by Gasteiger charge is 2.41. The van der Waals surface area contributed by atoms with Crippen LogP contribution in [0.4, 0.5) is 13.2 Å². The molecule has 3 rings (SSSR count). The molecule has 0 radical (unpaired) electrons. The van der Waals surface area contributed by atoms with Gasteiger partial charge in [0, 0.05) is 5.69 Å². The zero-order chi connectivity index (χ0) is 19.9. The van der Waals surface area contributed by atoms with E-state index < -0.39 is 35.0 Å². The Labute approximate surface area is 158 Å². The van der Waals surface area contributed by atoms with Crippen LogP contribution in [0.1, 0.15) is 37.6 Å². The number of rotatable bonds is 4. The van der Waals surface area contributed by atoms with Crippen molar-refractivity contribution in [2.24, 2.45) is 17.6 Å². The molecule has 6 nitrogen and oxygen atoms in total. The number of halogens is 3. The number of carbonyl (C=O) groups excluding carboxylic acids is 2. The number of aromatic nitrogens is 2. The molecule has 0 saturated carbocycles. The van der Waals surface area contributed by atoms with E-state index in [0.717, 1.165) is 40.5 Å². The van der Waals surface area contributed by atoms with Gasteiger partial charge in [-0.25, -0.2) is 0 Å². The Morgan fingerprint density at radius 1 is 1.44 bits per heavy atom. The molecule has 3 unspecified atom stereocenters. The first-order valence-corrected chi connectivity index (χ1v) is 9.53. The summed E-state index contributed by atoms with van der Waals surface area (Å²) in [6.07, 6.45) is -1.97. The Morgan fingerprint density at radius 3 is 2.74 bits per heavy atom. The number of nitrogens with two attached hydrogens (primary N) is 1. The summed E-state index contributed by atoms with van der Waals surface area (Å²) in [5.41, 5.74) is 5.74. The number of carbonyl (C=O) groups is 2. The summed E-state index contributed by atoms with van der Waals surface area (Å²) in [6.45, 7) is 3.23. The van der Waals surface area contributed by atoms with Crippen LogP contribution in [0.5, 0.6) is 0 Å². The van der Waals surface area contributed by atoms with Crippen LogP contribution >= 0.6 is 11.8 Å². The van der Waals surface area contributed by atoms with Crippen molar-refractivity contribution in [1.82, 2.24) is 15.1 Å². The molecule has 3 N–H and O–H groups in total. The lowest BCUT2D eigenvalue weighted by atomic mass is 9.84. The maximum atomic E-state index is 12.8. The van der Waals surface area contributed by atoms with Gasteiger partial charge in [0.05, 0.1) is 11.3 Å². The Balaban J connectivity index is 1.69. The first-order valence-electron chi connectivity index (χ1n) is 8.65. The molecule has 1 aromatic heterocycles. The smallest absolute Gasteiger partial charge is 0.369 e. The number of nitrogens with one attached hydrogen (secondary N) is 1. The summed E-state index contributed by atoms with van der Waals surface area (Å²) in [4.78, 5) is 25.4. The maximum absolute atomic E-state index is 12.8. The molecule has 10 heteroatoms. The van der Waals surface area contributed by atoms with Gasteiger partial charge in [-0.3, -0.25) is 14.3 Å². The Kier molecular flexibility index (Phi) is 5.29. The van der Waals surface area contributed by atoms with Gasteiger partial charge in [0.25, 0.3) is 0 Å². The quantitative estimate of drug-likeness (QED) is 0.810. The van der Waals surface area contributed by atoms with Crippen molar-refractivity contribution in [3.63, 3.8) is 0 Å². The second kappa shape index (κ2) is 7.21. The molecule has 0 fully saturated rings. The summed E-state index contributed by atoms with van der Waals surface area (Å²) >= 11 is 1.42. The van der Waals surface area contributed by atoms with Gasteiger partial charge in [-0.2, -0.15) is 18.3 Å². The maximum Gasteiger partial charge on any atom is 0.435 e. The lowest BCUT2D eigenvalue weighted by Gasteiger charge is -2.22. The minimum absolute atomic E-state index is 0.231. The number of thioether (sulfide) groups is 1. The van der Waals surface area contributed by atoms with E-state index in [1.54, 1.807) is 0 Å². The third-order valence-corrected chi connectivity index (χ3v) is 6.28. The van der Waals surface area contributed by atoms with Gasteiger partial charge in [-0.15, -0.1) is 11.8 Å². The van der Waals surface area contributed by atoms with Crippen molar-refractivity contribution in [3.8, 4) is 0 Å². The molecule has 0 bridgehead atoms. The van der Waals surface area contributed by atoms with Gasteiger partial charge in [-0.1, -0.05) is 6.92 Å². The lowest BCUT2D eigenvalue weighted by molar-refractivity contribution is -0.141. The number of nitrogens with zero attached hydrogens (tertiary/aromatic N) is 2. The normalized spacial score (nSPS) is 25.4. The Morgan fingerprint density at radius 2 is 2.15 bits per heavy atom. The molecule has 0 aromatic carbocycles. The van der Waals surface area contributed by atoms with Gasteiger partial charge >= 0.3 is 6.18 Å². The highest BCUT2D eigenvalue weighted by molar-refractivity contribution is 8.04. The standard InChI is InChI=1S/C17H21F3N4O2S/c1-8-3-4-10-11(5-8)27-16(14(10)15(21)26)22-13(25)7-24-9(2)6-12(23-24)17(18,19)20/h6,8,14,16H,3-5,7H2,1-2H3,(H2,21,26)(H,22,25). The molecule has 0 spiro atoms. The fourth-order valence-corrected chi connectivity index (χ4v) is 5.22. The molecule has 27 heavy (non-hydrogen) atoms. The van der Waals surface area contributed by atoms with Gasteiger partial charge in [0.15, 0.2) is 5.69 Å². The van der Waals surface area contributed by atoms with Crippen molar-refractivity contribution in [2.45, 2.75) is 51.2 Å². The highest BCUT2D eigenvalue weighted by Crippen LogP contribution is 2.49. The van der Waals surface area contributed by atoms with E-state index in [4.69, 9.17) is 5.73 Å². The molecule has 2 aliphatic rings. The van der Waals surface area contributed by atoms with Crippen LogP contribution in [0.3, 0.4) is 0 Å². The van der Waals surface area contributed by atoms with Crippen LogP contribution in [0, 0.1) is 18.8 Å². The van der Waals surface area contributed by atoms with Crippen molar-refractivity contribution in [1.29, 1.82) is 0 Å². The molecule has 3 atom stereocenters. The van der Waals surface area contributed by atoms with Crippen LogP contribution in [-0.4, -0.2) is 27.0 Å². The summed E-state index contributed by atoms with van der Waals surface area (Å²) < 4.78 is 39.3. The molecule has 1 aliphatic carbocycles. The van der Waals surface area contributed by atoms with Crippen LogP contribution in [0.25, 0.3) is 0 Å². The molecule has 1 aromatic rings. The lowest BCUT2D eigenvalue weighted by Crippen LogP contribution is -2.43. The second-order valence-electron chi connectivity index (χ2n) is 7.11. The summed E-state index contributed by atoms with van der Waals surface area (Å²) in [6, 6.07) is 0.894. The number of alkyl halides is 3. The zero-order valence-electron chi connectivity index (χ0n) is 15.0. The van der Waals surface area contributed by atoms with Crippen LogP contribution in [0.15, 0.2) is 16.5 Å². The van der Waals surface area contributed by atoms with Gasteiger partial charge in [0.2, 0.25) is 11.8 Å². The van der Waals surface area contributed by atoms with Gasteiger partial charge in [0.1, 0.15) is 6.54 Å². The average Bonchev–Trinajstić information content (AvgIpc) is 3.07. The summed E-state index contributed by atoms with van der Waals surface area (Å²) in [5.74, 6) is -1.08. The fraction of sp³-hybridized carbons (Fsp3) is 0.588. The number of hydrogen-bond donors (Lipinski definition) is 2. The third kappa shape index (κ3) is 4.15. The predicted octanol–water partition coefficient (Wildman–Crippen LogP) is 2.58. The number of amides is 2. The monoisotopic (exact) mass is 402 g/mol. The molecular formula is C17H21F3N4O2S. The Bertz CT molecular complexity index is 803. The van der Waals surface area contributed by atoms with E-state index in [2.05, 4.69) is 17.3 Å². The summed E-state index contributed by atoms with van der Waals surface area (Å²) in [5, 5.41) is 5.67. The van der Waals surface area contributed by atoms with E-state index in [1.807, 2.05) is 0 Å². The number of primary amides is 1. The zero-order valence-corrected chi connectivity index (χ0v) is 15.8. The average molecular weight is 402 g/mol. The second-order valence-corrected chi connectivity index (χ2v) is 8.35. The van der Waals surface area contributed by atoms with Crippen LogP contribution in [0.2, 0.25) is 0 Å². The summed E-state index contributed by atoms with van der Waals surface area (Å²) in [7, 11) is 0.